The molecule has 1 rings (SSSR count). The molecular weight excluding hydrogens is 252 g/mol. The minimum Gasteiger partial charge on any atom is -0.294 e. The molecule has 0 aliphatic carbocycles. The van der Waals surface area contributed by atoms with E-state index in [1.165, 1.54) is 44.9 Å². The molecule has 0 fully saturated rings. The van der Waals surface area contributed by atoms with Crippen LogP contribution in [0.3, 0.4) is 0 Å². The van der Waals surface area contributed by atoms with Crippen LogP contribution in [-0.2, 0) is 0 Å². The predicted octanol–water partition coefficient (Wildman–Crippen LogP) is 5.31. The Hall–Kier alpha value is -0.760. The topological polar surface area (TPSA) is 17.1 Å². The molecule has 0 heterocycles. The van der Waals surface area contributed by atoms with Crippen LogP contribution >= 0.6 is 12.6 Å². The molecule has 2 heteroatoms. The van der Waals surface area contributed by atoms with Crippen molar-refractivity contribution in [3.63, 3.8) is 0 Å². The Morgan fingerprint density at radius 3 is 1.89 bits per heavy atom. The second-order valence-electron chi connectivity index (χ2n) is 5.09. The van der Waals surface area contributed by atoms with Gasteiger partial charge in [-0.25, -0.2) is 0 Å². The van der Waals surface area contributed by atoms with Gasteiger partial charge in [0.05, 0.1) is 0 Å². The number of benzene rings is 1. The van der Waals surface area contributed by atoms with E-state index in [-0.39, 0.29) is 5.78 Å². The molecular formula is C17H26OS. The van der Waals surface area contributed by atoms with Gasteiger partial charge in [-0.05, 0) is 18.6 Å². The summed E-state index contributed by atoms with van der Waals surface area (Å²) in [5.41, 5.74) is 0.856. The Bertz CT molecular complexity index is 334. The molecule has 0 aromatic heterocycles. The average molecular weight is 278 g/mol. The summed E-state index contributed by atoms with van der Waals surface area (Å²) in [5, 5.41) is 0. The van der Waals surface area contributed by atoms with Crippen LogP contribution in [-0.4, -0.2) is 11.5 Å². The van der Waals surface area contributed by atoms with Crippen molar-refractivity contribution in [1.82, 2.24) is 0 Å². The number of hydrogen-bond donors (Lipinski definition) is 1. The monoisotopic (exact) mass is 278 g/mol. The molecule has 1 aromatic rings. The molecule has 0 aliphatic rings. The van der Waals surface area contributed by atoms with Gasteiger partial charge in [-0.3, -0.25) is 4.79 Å². The number of thiol groups is 1. The SMILES string of the molecule is O=C(CCCCCCCCCCS)c1ccccc1. The van der Waals surface area contributed by atoms with Gasteiger partial charge >= 0.3 is 0 Å². The van der Waals surface area contributed by atoms with Crippen molar-refractivity contribution in [2.45, 2.75) is 57.8 Å². The standard InChI is InChI=1S/C17H26OS/c18-17(16-12-8-7-9-13-16)14-10-5-3-1-2-4-6-11-15-19/h7-9,12-13,19H,1-6,10-11,14-15H2. The summed E-state index contributed by atoms with van der Waals surface area (Å²) in [4.78, 5) is 11.8. The maximum atomic E-state index is 11.8. The van der Waals surface area contributed by atoms with E-state index < -0.39 is 0 Å². The first kappa shape index (κ1) is 16.3. The third-order valence-electron chi connectivity index (χ3n) is 3.41. The van der Waals surface area contributed by atoms with E-state index in [1.54, 1.807) is 0 Å². The van der Waals surface area contributed by atoms with E-state index in [9.17, 15) is 4.79 Å². The minimum atomic E-state index is 0.286. The summed E-state index contributed by atoms with van der Waals surface area (Å²) in [6.07, 6.45) is 10.7. The Morgan fingerprint density at radius 1 is 0.789 bits per heavy atom. The lowest BCUT2D eigenvalue weighted by Gasteiger charge is -2.02. The van der Waals surface area contributed by atoms with Crippen molar-refractivity contribution < 1.29 is 4.79 Å². The first-order valence-electron chi connectivity index (χ1n) is 7.53. The van der Waals surface area contributed by atoms with Crippen LogP contribution in [0, 0.1) is 0 Å². The highest BCUT2D eigenvalue weighted by Crippen LogP contribution is 2.12. The zero-order chi connectivity index (χ0) is 13.8. The quantitative estimate of drug-likeness (QED) is 0.330. The van der Waals surface area contributed by atoms with Gasteiger partial charge in [-0.1, -0.05) is 68.9 Å². The van der Waals surface area contributed by atoms with Gasteiger partial charge in [-0.2, -0.15) is 12.6 Å². The highest BCUT2D eigenvalue weighted by atomic mass is 32.1. The summed E-state index contributed by atoms with van der Waals surface area (Å²) >= 11 is 4.21. The molecule has 0 saturated heterocycles. The number of rotatable bonds is 11. The lowest BCUT2D eigenvalue weighted by Crippen LogP contribution is -1.98. The Labute approximate surface area is 123 Å². The van der Waals surface area contributed by atoms with E-state index in [4.69, 9.17) is 0 Å². The molecule has 19 heavy (non-hydrogen) atoms. The molecule has 0 spiro atoms. The van der Waals surface area contributed by atoms with Crippen LogP contribution in [0.1, 0.15) is 68.1 Å². The molecule has 0 aliphatic heterocycles. The molecule has 0 saturated carbocycles. The van der Waals surface area contributed by atoms with Gasteiger partial charge in [0.15, 0.2) is 5.78 Å². The highest BCUT2D eigenvalue weighted by Gasteiger charge is 2.03. The van der Waals surface area contributed by atoms with Crippen LogP contribution in [0.25, 0.3) is 0 Å². The van der Waals surface area contributed by atoms with Crippen LogP contribution < -0.4 is 0 Å². The van der Waals surface area contributed by atoms with Gasteiger partial charge in [-0.15, -0.1) is 0 Å². The van der Waals surface area contributed by atoms with Crippen LogP contribution in [0.5, 0.6) is 0 Å². The Kier molecular flexibility index (Phi) is 9.52. The lowest BCUT2D eigenvalue weighted by atomic mass is 10.0. The fourth-order valence-corrected chi connectivity index (χ4v) is 2.45. The van der Waals surface area contributed by atoms with E-state index >= 15 is 0 Å². The molecule has 0 bridgehead atoms. The Balaban J connectivity index is 1.95. The smallest absolute Gasteiger partial charge is 0.162 e. The summed E-state index contributed by atoms with van der Waals surface area (Å²) in [7, 11) is 0. The molecule has 106 valence electrons. The third-order valence-corrected chi connectivity index (χ3v) is 3.72. The highest BCUT2D eigenvalue weighted by molar-refractivity contribution is 7.80. The molecule has 0 radical (unpaired) electrons. The van der Waals surface area contributed by atoms with Crippen molar-refractivity contribution >= 4 is 18.4 Å². The minimum absolute atomic E-state index is 0.286. The summed E-state index contributed by atoms with van der Waals surface area (Å²) < 4.78 is 0. The van der Waals surface area contributed by atoms with Crippen LogP contribution in [0.4, 0.5) is 0 Å². The van der Waals surface area contributed by atoms with E-state index in [0.29, 0.717) is 6.42 Å². The van der Waals surface area contributed by atoms with Crippen molar-refractivity contribution in [3.05, 3.63) is 35.9 Å². The zero-order valence-corrected chi connectivity index (χ0v) is 12.7. The van der Waals surface area contributed by atoms with Gasteiger partial charge in [0, 0.05) is 12.0 Å². The number of ketones is 1. The average Bonchev–Trinajstić information content (AvgIpc) is 2.46. The van der Waals surface area contributed by atoms with Crippen molar-refractivity contribution in [3.8, 4) is 0 Å². The third kappa shape index (κ3) is 8.10. The van der Waals surface area contributed by atoms with Crippen LogP contribution in [0.15, 0.2) is 30.3 Å². The number of hydrogen-bond acceptors (Lipinski definition) is 2. The second-order valence-corrected chi connectivity index (χ2v) is 5.54. The number of carbonyl (C=O) groups is 1. The molecule has 0 unspecified atom stereocenters. The fraction of sp³-hybridized carbons (Fsp3) is 0.588. The van der Waals surface area contributed by atoms with Gasteiger partial charge in [0.25, 0.3) is 0 Å². The normalized spacial score (nSPS) is 10.6. The fourth-order valence-electron chi connectivity index (χ4n) is 2.23. The van der Waals surface area contributed by atoms with Gasteiger partial charge < -0.3 is 0 Å². The van der Waals surface area contributed by atoms with Gasteiger partial charge in [0.1, 0.15) is 0 Å². The largest absolute Gasteiger partial charge is 0.294 e. The lowest BCUT2D eigenvalue weighted by molar-refractivity contribution is 0.0979. The van der Waals surface area contributed by atoms with E-state index in [1.807, 2.05) is 30.3 Å². The second kappa shape index (κ2) is 11.1. The van der Waals surface area contributed by atoms with Gasteiger partial charge in [0.2, 0.25) is 0 Å². The summed E-state index contributed by atoms with van der Waals surface area (Å²) in [6, 6.07) is 9.62. The summed E-state index contributed by atoms with van der Waals surface area (Å²) in [5.74, 6) is 1.30. The van der Waals surface area contributed by atoms with Crippen molar-refractivity contribution in [2.75, 3.05) is 5.75 Å². The molecule has 0 atom stereocenters. The maximum Gasteiger partial charge on any atom is 0.162 e. The predicted molar refractivity (Wildman–Crippen MR) is 86.2 cm³/mol. The molecule has 1 aromatic carbocycles. The summed E-state index contributed by atoms with van der Waals surface area (Å²) in [6.45, 7) is 0. The first-order chi connectivity index (χ1) is 9.34. The zero-order valence-electron chi connectivity index (χ0n) is 11.8. The number of carbonyl (C=O) groups excluding carboxylic acids is 1. The van der Waals surface area contributed by atoms with E-state index in [0.717, 1.165) is 17.7 Å². The number of Topliss-reactive ketones (excluding diaryl/α,β-unsaturated/α-hetero) is 1. The van der Waals surface area contributed by atoms with Crippen molar-refractivity contribution in [1.29, 1.82) is 0 Å². The molecule has 0 N–H and O–H groups in total. The molecule has 0 amide bonds. The van der Waals surface area contributed by atoms with Crippen LogP contribution in [0.2, 0.25) is 0 Å². The molecule has 1 nitrogen and oxygen atoms in total. The Morgan fingerprint density at radius 2 is 1.32 bits per heavy atom. The maximum absolute atomic E-state index is 11.8. The number of unbranched alkanes of at least 4 members (excludes halogenated alkanes) is 7. The van der Waals surface area contributed by atoms with Crippen molar-refractivity contribution in [2.24, 2.45) is 0 Å². The van der Waals surface area contributed by atoms with E-state index in [2.05, 4.69) is 12.6 Å². The first-order valence-corrected chi connectivity index (χ1v) is 8.17.